The first-order valence-corrected chi connectivity index (χ1v) is 7.64. The second kappa shape index (κ2) is 5.57. The molecule has 1 saturated heterocycles. The van der Waals surface area contributed by atoms with E-state index in [9.17, 15) is 0 Å². The van der Waals surface area contributed by atoms with Gasteiger partial charge in [0.1, 0.15) is 5.82 Å². The maximum absolute atomic E-state index is 3.66. The summed E-state index contributed by atoms with van der Waals surface area (Å²) in [5.41, 5.74) is 3.80. The van der Waals surface area contributed by atoms with Gasteiger partial charge in [-0.15, -0.1) is 0 Å². The van der Waals surface area contributed by atoms with Gasteiger partial charge in [0.25, 0.3) is 0 Å². The summed E-state index contributed by atoms with van der Waals surface area (Å²) in [5, 5.41) is 7.33. The van der Waals surface area contributed by atoms with Gasteiger partial charge in [-0.3, -0.25) is 0 Å². The first-order chi connectivity index (χ1) is 10.9. The molecule has 1 aliphatic carbocycles. The average Bonchev–Trinajstić information content (AvgIpc) is 3.26. The van der Waals surface area contributed by atoms with Gasteiger partial charge in [0.2, 0.25) is 0 Å². The average molecular weight is 286 g/mol. The van der Waals surface area contributed by atoms with Crippen LogP contribution in [0.25, 0.3) is 0 Å². The smallest absolute Gasteiger partial charge is 0.107 e. The number of hydrogen-bond donors (Lipinski definition) is 2. The fourth-order valence-electron chi connectivity index (χ4n) is 3.10. The van der Waals surface area contributed by atoms with Crippen molar-refractivity contribution in [2.24, 2.45) is 0 Å². The van der Waals surface area contributed by atoms with Crippen LogP contribution < -0.4 is 10.6 Å². The Morgan fingerprint density at radius 3 is 1.50 bits per heavy atom. The topological polar surface area (TPSA) is 24.1 Å². The van der Waals surface area contributed by atoms with Crippen molar-refractivity contribution in [2.45, 2.75) is 12.1 Å². The highest BCUT2D eigenvalue weighted by atomic mass is 15.2. The molecule has 2 nitrogen and oxygen atoms in total. The summed E-state index contributed by atoms with van der Waals surface area (Å²) >= 11 is 0. The molecule has 2 aliphatic rings. The third kappa shape index (κ3) is 2.33. The Labute approximate surface area is 130 Å². The third-order valence-electron chi connectivity index (χ3n) is 4.20. The minimum atomic E-state index is 0.230. The molecule has 2 N–H and O–H groups in total. The van der Waals surface area contributed by atoms with Gasteiger partial charge in [0.05, 0.1) is 12.1 Å². The molecule has 2 aromatic rings. The van der Waals surface area contributed by atoms with E-state index in [1.54, 1.807) is 0 Å². The molecule has 1 aliphatic heterocycles. The number of benzene rings is 2. The monoisotopic (exact) mass is 286 g/mol. The number of nitrogens with one attached hydrogen (secondary N) is 2. The van der Waals surface area contributed by atoms with Crippen LogP contribution in [0.4, 0.5) is 0 Å². The van der Waals surface area contributed by atoms with Crippen LogP contribution in [0.5, 0.6) is 0 Å². The van der Waals surface area contributed by atoms with Crippen molar-refractivity contribution in [2.75, 3.05) is 0 Å². The van der Waals surface area contributed by atoms with Crippen molar-refractivity contribution < 1.29 is 0 Å². The van der Waals surface area contributed by atoms with Crippen LogP contribution >= 0.6 is 0 Å². The molecule has 0 radical (unpaired) electrons. The van der Waals surface area contributed by atoms with Gasteiger partial charge in [0.15, 0.2) is 0 Å². The molecule has 2 heteroatoms. The number of allylic oxidation sites excluding steroid dienone is 5. The lowest BCUT2D eigenvalue weighted by Crippen LogP contribution is -2.17. The van der Waals surface area contributed by atoms with Crippen LogP contribution in [-0.2, 0) is 0 Å². The summed E-state index contributed by atoms with van der Waals surface area (Å²) in [4.78, 5) is 0. The van der Waals surface area contributed by atoms with Crippen LogP contribution in [0.1, 0.15) is 23.2 Å². The van der Waals surface area contributed by atoms with Gasteiger partial charge in [-0.1, -0.05) is 85.0 Å². The maximum atomic E-state index is 3.66. The minimum Gasteiger partial charge on any atom is -0.362 e. The molecule has 2 atom stereocenters. The van der Waals surface area contributed by atoms with Crippen LogP contribution in [-0.4, -0.2) is 0 Å². The van der Waals surface area contributed by atoms with E-state index in [1.165, 1.54) is 16.7 Å². The predicted molar refractivity (Wildman–Crippen MR) is 89.9 cm³/mol. The highest BCUT2D eigenvalue weighted by Crippen LogP contribution is 2.35. The molecule has 0 saturated carbocycles. The van der Waals surface area contributed by atoms with E-state index in [0.29, 0.717) is 0 Å². The fourth-order valence-corrected chi connectivity index (χ4v) is 3.10. The Morgan fingerprint density at radius 2 is 1.05 bits per heavy atom. The van der Waals surface area contributed by atoms with Gasteiger partial charge in [-0.2, -0.15) is 0 Å². The molecule has 0 bridgehead atoms. The Morgan fingerprint density at radius 1 is 0.591 bits per heavy atom. The molecule has 22 heavy (non-hydrogen) atoms. The summed E-state index contributed by atoms with van der Waals surface area (Å²) in [7, 11) is 0. The molecule has 0 spiro atoms. The largest absolute Gasteiger partial charge is 0.362 e. The Bertz CT molecular complexity index is 678. The van der Waals surface area contributed by atoms with Crippen molar-refractivity contribution in [3.8, 4) is 0 Å². The van der Waals surface area contributed by atoms with Gasteiger partial charge in [-0.05, 0) is 11.1 Å². The van der Waals surface area contributed by atoms with E-state index in [-0.39, 0.29) is 12.1 Å². The quantitative estimate of drug-likeness (QED) is 0.872. The van der Waals surface area contributed by atoms with Crippen molar-refractivity contribution in [3.63, 3.8) is 0 Å². The minimum absolute atomic E-state index is 0.230. The normalized spacial score (nSPS) is 22.7. The third-order valence-corrected chi connectivity index (χ3v) is 4.20. The van der Waals surface area contributed by atoms with E-state index < -0.39 is 0 Å². The van der Waals surface area contributed by atoms with Gasteiger partial charge in [-0.25, -0.2) is 0 Å². The molecule has 1 heterocycles. The van der Waals surface area contributed by atoms with Crippen LogP contribution in [0.3, 0.4) is 0 Å². The first-order valence-electron chi connectivity index (χ1n) is 7.64. The highest BCUT2D eigenvalue weighted by Gasteiger charge is 2.32. The van der Waals surface area contributed by atoms with E-state index in [2.05, 4.69) is 95.6 Å². The van der Waals surface area contributed by atoms with Crippen molar-refractivity contribution >= 4 is 0 Å². The van der Waals surface area contributed by atoms with Crippen molar-refractivity contribution in [1.82, 2.24) is 10.6 Å². The molecule has 0 amide bonds. The summed E-state index contributed by atoms with van der Waals surface area (Å²) < 4.78 is 0. The van der Waals surface area contributed by atoms with Crippen LogP contribution in [0.15, 0.2) is 96.4 Å². The summed E-state index contributed by atoms with van der Waals surface area (Å²) in [6.07, 6.45) is 8.40. The molecule has 0 aromatic heterocycles. The second-order valence-electron chi connectivity index (χ2n) is 5.61. The lowest BCUT2D eigenvalue weighted by atomic mass is 9.95. The summed E-state index contributed by atoms with van der Waals surface area (Å²) in [6, 6.07) is 21.7. The molecule has 108 valence electrons. The van der Waals surface area contributed by atoms with Gasteiger partial charge >= 0.3 is 0 Å². The SMILES string of the molecule is C1=CC(=C2N[C@H](c3ccccc3)[C@@H](c3ccccc3)N2)C=C1. The van der Waals surface area contributed by atoms with E-state index >= 15 is 0 Å². The van der Waals surface area contributed by atoms with Crippen molar-refractivity contribution in [3.05, 3.63) is 107 Å². The van der Waals surface area contributed by atoms with E-state index in [4.69, 9.17) is 0 Å². The zero-order valence-electron chi connectivity index (χ0n) is 12.2. The maximum Gasteiger partial charge on any atom is 0.107 e. The molecular weight excluding hydrogens is 268 g/mol. The molecular formula is C20H18N2. The zero-order chi connectivity index (χ0) is 14.8. The van der Waals surface area contributed by atoms with E-state index in [0.717, 1.165) is 5.82 Å². The standard InChI is InChI=1S/C20H18N2/c1-3-9-15(10-4-1)18-19(16-11-5-2-6-12-16)22-20(21-18)17-13-7-8-14-17/h1-14,18-19,21-22H/t18-,19-/m1/s1. The van der Waals surface area contributed by atoms with Crippen LogP contribution in [0, 0.1) is 0 Å². The summed E-state index contributed by atoms with van der Waals surface area (Å²) in [5.74, 6) is 1.10. The Hall–Kier alpha value is -2.74. The van der Waals surface area contributed by atoms with Crippen LogP contribution in [0.2, 0.25) is 0 Å². The second-order valence-corrected chi connectivity index (χ2v) is 5.61. The number of rotatable bonds is 2. The molecule has 2 aromatic carbocycles. The molecule has 1 fully saturated rings. The van der Waals surface area contributed by atoms with Crippen molar-refractivity contribution in [1.29, 1.82) is 0 Å². The molecule has 0 unspecified atom stereocenters. The fraction of sp³-hybridized carbons (Fsp3) is 0.100. The molecule has 4 rings (SSSR count). The van der Waals surface area contributed by atoms with Gasteiger partial charge in [0, 0.05) is 5.57 Å². The lowest BCUT2D eigenvalue weighted by Gasteiger charge is -2.19. The Balaban J connectivity index is 1.75. The van der Waals surface area contributed by atoms with E-state index in [1.807, 2.05) is 0 Å². The lowest BCUT2D eigenvalue weighted by molar-refractivity contribution is 0.554. The Kier molecular flexibility index (Phi) is 3.28. The predicted octanol–water partition coefficient (Wildman–Crippen LogP) is 4.00. The highest BCUT2D eigenvalue weighted by molar-refractivity contribution is 5.45. The number of hydrogen-bond acceptors (Lipinski definition) is 2. The van der Waals surface area contributed by atoms with Gasteiger partial charge < -0.3 is 10.6 Å². The first kappa shape index (κ1) is 13.0. The summed E-state index contributed by atoms with van der Waals surface area (Å²) in [6.45, 7) is 0. The zero-order valence-corrected chi connectivity index (χ0v) is 12.2.